The molecule has 1 rings (SSSR count). The largest absolute Gasteiger partial charge is 0.356 e. The fourth-order valence-corrected chi connectivity index (χ4v) is 2.53. The summed E-state index contributed by atoms with van der Waals surface area (Å²) < 4.78 is 22.0. The van der Waals surface area contributed by atoms with Crippen molar-refractivity contribution < 1.29 is 8.42 Å². The van der Waals surface area contributed by atoms with Crippen LogP contribution in [0.25, 0.3) is 0 Å². The number of sulfone groups is 1. The van der Waals surface area contributed by atoms with Gasteiger partial charge in [-0.1, -0.05) is 0 Å². The van der Waals surface area contributed by atoms with E-state index in [1.807, 2.05) is 12.3 Å². The van der Waals surface area contributed by atoms with Crippen LogP contribution < -0.4 is 10.6 Å². The maximum Gasteiger partial charge on any atom is 0.191 e. The third kappa shape index (κ3) is 7.12. The quantitative estimate of drug-likeness (QED) is 0.579. The maximum atomic E-state index is 11.0. The monoisotopic (exact) mass is 304 g/mol. The molecule has 0 spiro atoms. The lowest BCUT2D eigenvalue weighted by Crippen LogP contribution is -2.40. The molecule has 0 radical (unpaired) electrons. The van der Waals surface area contributed by atoms with Crippen LogP contribution in [0.5, 0.6) is 0 Å². The zero-order valence-corrected chi connectivity index (χ0v) is 13.1. The highest BCUT2D eigenvalue weighted by Gasteiger charge is 2.03. The molecule has 0 saturated heterocycles. The summed E-state index contributed by atoms with van der Waals surface area (Å²) in [7, 11) is -1.29. The summed E-state index contributed by atoms with van der Waals surface area (Å²) in [6.45, 7) is 3.04. The molecule has 6 nitrogen and oxygen atoms in total. The van der Waals surface area contributed by atoms with E-state index in [9.17, 15) is 8.42 Å². The van der Waals surface area contributed by atoms with Crippen molar-refractivity contribution in [3.05, 3.63) is 16.1 Å². The molecule has 0 unspecified atom stereocenters. The summed E-state index contributed by atoms with van der Waals surface area (Å²) >= 11 is 1.63. The molecule has 0 atom stereocenters. The first-order chi connectivity index (χ1) is 8.90. The van der Waals surface area contributed by atoms with E-state index in [-0.39, 0.29) is 5.75 Å². The van der Waals surface area contributed by atoms with Crippen LogP contribution in [0, 0.1) is 6.92 Å². The predicted molar refractivity (Wildman–Crippen MR) is 79.6 cm³/mol. The number of hydrogen-bond acceptors (Lipinski definition) is 5. The standard InChI is InChI=1S/C11H20N4O2S2/c1-9-15-10(8-18-9)4-5-13-11(12-2)14-6-7-19(3,16)17/h8H,4-7H2,1-3H3,(H2,12,13,14). The van der Waals surface area contributed by atoms with Gasteiger partial charge in [-0.25, -0.2) is 13.4 Å². The van der Waals surface area contributed by atoms with E-state index in [1.165, 1.54) is 6.26 Å². The molecule has 108 valence electrons. The molecule has 19 heavy (non-hydrogen) atoms. The van der Waals surface area contributed by atoms with Gasteiger partial charge < -0.3 is 10.6 Å². The van der Waals surface area contributed by atoms with Crippen LogP contribution in [0.3, 0.4) is 0 Å². The lowest BCUT2D eigenvalue weighted by atomic mass is 10.3. The van der Waals surface area contributed by atoms with Crippen LogP contribution in [-0.4, -0.2) is 51.5 Å². The number of thiazole rings is 1. The minimum atomic E-state index is -2.94. The number of aryl methyl sites for hydroxylation is 1. The highest BCUT2D eigenvalue weighted by molar-refractivity contribution is 7.90. The van der Waals surface area contributed by atoms with Gasteiger partial charge in [0.2, 0.25) is 0 Å². The zero-order chi connectivity index (χ0) is 14.3. The van der Waals surface area contributed by atoms with Gasteiger partial charge in [0.05, 0.1) is 16.5 Å². The van der Waals surface area contributed by atoms with E-state index in [2.05, 4.69) is 20.6 Å². The van der Waals surface area contributed by atoms with Crippen molar-refractivity contribution in [1.29, 1.82) is 0 Å². The van der Waals surface area contributed by atoms with Crippen molar-refractivity contribution in [3.8, 4) is 0 Å². The van der Waals surface area contributed by atoms with Gasteiger partial charge in [-0.15, -0.1) is 11.3 Å². The van der Waals surface area contributed by atoms with E-state index in [0.29, 0.717) is 19.0 Å². The number of aromatic nitrogens is 1. The number of nitrogens with zero attached hydrogens (tertiary/aromatic N) is 2. The van der Waals surface area contributed by atoms with Crippen LogP contribution in [0.2, 0.25) is 0 Å². The molecule has 0 amide bonds. The Balaban J connectivity index is 2.26. The van der Waals surface area contributed by atoms with Gasteiger partial charge in [-0.2, -0.15) is 0 Å². The van der Waals surface area contributed by atoms with Crippen LogP contribution in [0.4, 0.5) is 0 Å². The molecule has 0 aliphatic heterocycles. The second-order valence-corrected chi connectivity index (χ2v) is 7.49. The van der Waals surface area contributed by atoms with Crippen molar-refractivity contribution in [3.63, 3.8) is 0 Å². The Bertz CT molecular complexity index is 523. The van der Waals surface area contributed by atoms with Crippen LogP contribution in [0.1, 0.15) is 10.7 Å². The number of nitrogens with one attached hydrogen (secondary N) is 2. The van der Waals surface area contributed by atoms with Crippen molar-refractivity contribution in [2.45, 2.75) is 13.3 Å². The van der Waals surface area contributed by atoms with Gasteiger partial charge >= 0.3 is 0 Å². The Morgan fingerprint density at radius 2 is 2.11 bits per heavy atom. The molecular weight excluding hydrogens is 284 g/mol. The van der Waals surface area contributed by atoms with Gasteiger partial charge in [-0.05, 0) is 6.92 Å². The van der Waals surface area contributed by atoms with Crippen molar-refractivity contribution in [2.24, 2.45) is 4.99 Å². The van der Waals surface area contributed by atoms with Crippen LogP contribution >= 0.6 is 11.3 Å². The van der Waals surface area contributed by atoms with Crippen molar-refractivity contribution >= 4 is 27.1 Å². The lowest BCUT2D eigenvalue weighted by molar-refractivity contribution is 0.600. The average Bonchev–Trinajstić information content (AvgIpc) is 2.71. The van der Waals surface area contributed by atoms with Crippen LogP contribution in [0.15, 0.2) is 10.4 Å². The van der Waals surface area contributed by atoms with E-state index in [1.54, 1.807) is 18.4 Å². The van der Waals surface area contributed by atoms with Crippen molar-refractivity contribution in [2.75, 3.05) is 32.1 Å². The first kappa shape index (κ1) is 15.9. The van der Waals surface area contributed by atoms with Gasteiger partial charge in [0.1, 0.15) is 9.84 Å². The number of hydrogen-bond donors (Lipinski definition) is 2. The van der Waals surface area contributed by atoms with E-state index in [0.717, 1.165) is 17.1 Å². The van der Waals surface area contributed by atoms with Gasteiger partial charge in [-0.3, -0.25) is 4.99 Å². The third-order valence-electron chi connectivity index (χ3n) is 2.33. The van der Waals surface area contributed by atoms with E-state index in [4.69, 9.17) is 0 Å². The molecule has 0 aliphatic rings. The average molecular weight is 304 g/mol. The van der Waals surface area contributed by atoms with Gasteiger partial charge in [0.15, 0.2) is 5.96 Å². The topological polar surface area (TPSA) is 83.4 Å². The first-order valence-electron chi connectivity index (χ1n) is 5.94. The smallest absolute Gasteiger partial charge is 0.191 e. The normalized spacial score (nSPS) is 12.5. The minimum absolute atomic E-state index is 0.0962. The second kappa shape index (κ2) is 7.44. The molecule has 1 aromatic rings. The molecule has 0 fully saturated rings. The van der Waals surface area contributed by atoms with Crippen molar-refractivity contribution in [1.82, 2.24) is 15.6 Å². The molecule has 2 N–H and O–H groups in total. The Kier molecular flexibility index (Phi) is 6.23. The van der Waals surface area contributed by atoms with Gasteiger partial charge in [0, 0.05) is 38.2 Å². The summed E-state index contributed by atoms with van der Waals surface area (Å²) in [5.74, 6) is 0.703. The number of guanidine groups is 1. The zero-order valence-electron chi connectivity index (χ0n) is 11.4. The summed E-state index contributed by atoms with van der Waals surface area (Å²) in [5.41, 5.74) is 1.06. The predicted octanol–water partition coefficient (Wildman–Crippen LogP) is 0.204. The first-order valence-corrected chi connectivity index (χ1v) is 8.88. The molecule has 8 heteroatoms. The third-order valence-corrected chi connectivity index (χ3v) is 4.10. The number of rotatable bonds is 6. The Hall–Kier alpha value is -1.15. The molecule has 1 heterocycles. The molecule has 0 aromatic carbocycles. The van der Waals surface area contributed by atoms with Gasteiger partial charge in [0.25, 0.3) is 0 Å². The van der Waals surface area contributed by atoms with E-state index >= 15 is 0 Å². The molecule has 1 aromatic heterocycles. The Morgan fingerprint density at radius 3 is 2.63 bits per heavy atom. The number of aliphatic imine (C=N–C) groups is 1. The maximum absolute atomic E-state index is 11.0. The highest BCUT2D eigenvalue weighted by Crippen LogP contribution is 2.07. The molecular formula is C11H20N4O2S2. The summed E-state index contributed by atoms with van der Waals surface area (Å²) in [6, 6.07) is 0. The highest BCUT2D eigenvalue weighted by atomic mass is 32.2. The summed E-state index contributed by atoms with van der Waals surface area (Å²) in [4.78, 5) is 8.39. The molecule has 0 aliphatic carbocycles. The summed E-state index contributed by atoms with van der Waals surface area (Å²) in [6.07, 6.45) is 2.03. The molecule has 0 saturated carbocycles. The Labute approximate surface area is 118 Å². The molecule has 0 bridgehead atoms. The fraction of sp³-hybridized carbons (Fsp3) is 0.636. The second-order valence-electron chi connectivity index (χ2n) is 4.16. The SMILES string of the molecule is CN=C(NCCc1csc(C)n1)NCCS(C)(=O)=O. The lowest BCUT2D eigenvalue weighted by Gasteiger charge is -2.10. The minimum Gasteiger partial charge on any atom is -0.356 e. The fourth-order valence-electron chi connectivity index (χ4n) is 1.41. The Morgan fingerprint density at radius 1 is 1.42 bits per heavy atom. The van der Waals surface area contributed by atoms with Crippen LogP contribution in [-0.2, 0) is 16.3 Å². The van der Waals surface area contributed by atoms with E-state index < -0.39 is 9.84 Å². The summed E-state index contributed by atoms with van der Waals surface area (Å²) in [5, 5.41) is 9.18.